The van der Waals surface area contributed by atoms with E-state index in [1.165, 1.54) is 16.7 Å². The monoisotopic (exact) mass is 346 g/mol. The average molecular weight is 346 g/mol. The molecule has 0 heterocycles. The van der Waals surface area contributed by atoms with Crippen molar-refractivity contribution in [2.45, 2.75) is 64.8 Å². The number of rotatable bonds is 5. The number of carboxylic acid groups (broad SMARTS) is 1. The molecule has 1 fully saturated rings. The zero-order chi connectivity index (χ0) is 18.6. The number of amides is 2. The van der Waals surface area contributed by atoms with Crippen molar-refractivity contribution < 1.29 is 14.7 Å². The summed E-state index contributed by atoms with van der Waals surface area (Å²) in [5.74, 6) is -0.984. The number of carbonyl (C=O) groups is 2. The molecule has 3 N–H and O–H groups in total. The van der Waals surface area contributed by atoms with Gasteiger partial charge in [0.1, 0.15) is 0 Å². The summed E-state index contributed by atoms with van der Waals surface area (Å²) in [6.45, 7) is 8.98. The first-order chi connectivity index (χ1) is 11.7. The van der Waals surface area contributed by atoms with Gasteiger partial charge in [-0.2, -0.15) is 0 Å². The summed E-state index contributed by atoms with van der Waals surface area (Å²) < 4.78 is 0. The van der Waals surface area contributed by atoms with E-state index in [0.29, 0.717) is 19.4 Å². The minimum Gasteiger partial charge on any atom is -0.481 e. The van der Waals surface area contributed by atoms with Gasteiger partial charge >= 0.3 is 12.0 Å². The third kappa shape index (κ3) is 5.21. The molecule has 0 atom stereocenters. The highest BCUT2D eigenvalue weighted by Crippen LogP contribution is 2.27. The molecule has 1 saturated carbocycles. The SMILES string of the molecule is Cc1ccc(C(C)(C)CNC(=O)NC2CCC(C(=O)O)CC2)c(C)c1. The van der Waals surface area contributed by atoms with Crippen LogP contribution in [0.5, 0.6) is 0 Å². The van der Waals surface area contributed by atoms with Crippen molar-refractivity contribution in [3.63, 3.8) is 0 Å². The topological polar surface area (TPSA) is 78.4 Å². The first kappa shape index (κ1) is 19.3. The van der Waals surface area contributed by atoms with Crippen molar-refractivity contribution in [1.29, 1.82) is 0 Å². The van der Waals surface area contributed by atoms with Crippen LogP contribution in [0.1, 0.15) is 56.2 Å². The Morgan fingerprint density at radius 3 is 2.36 bits per heavy atom. The lowest BCUT2D eigenvalue weighted by Gasteiger charge is -2.30. The molecule has 1 aromatic rings. The number of hydrogen-bond acceptors (Lipinski definition) is 2. The average Bonchev–Trinajstić information content (AvgIpc) is 2.53. The van der Waals surface area contributed by atoms with Gasteiger partial charge in [-0.05, 0) is 50.7 Å². The molecule has 138 valence electrons. The molecule has 0 aromatic heterocycles. The second-order valence-electron chi connectivity index (χ2n) is 7.92. The fourth-order valence-electron chi connectivity index (χ4n) is 3.69. The summed E-state index contributed by atoms with van der Waals surface area (Å²) in [7, 11) is 0. The van der Waals surface area contributed by atoms with Gasteiger partial charge in [0.15, 0.2) is 0 Å². The Hall–Kier alpha value is -2.04. The minimum absolute atomic E-state index is 0.0693. The number of hydrogen-bond donors (Lipinski definition) is 3. The van der Waals surface area contributed by atoms with E-state index in [1.54, 1.807) is 0 Å². The van der Waals surface area contributed by atoms with Crippen molar-refractivity contribution in [2.24, 2.45) is 5.92 Å². The molecule has 0 radical (unpaired) electrons. The molecule has 0 aliphatic heterocycles. The molecule has 1 aromatic carbocycles. The van der Waals surface area contributed by atoms with Gasteiger partial charge in [0.05, 0.1) is 5.92 Å². The lowest BCUT2D eigenvalue weighted by molar-refractivity contribution is -0.142. The van der Waals surface area contributed by atoms with Gasteiger partial charge < -0.3 is 15.7 Å². The van der Waals surface area contributed by atoms with Crippen LogP contribution >= 0.6 is 0 Å². The quantitative estimate of drug-likeness (QED) is 0.763. The van der Waals surface area contributed by atoms with Crippen LogP contribution < -0.4 is 10.6 Å². The number of aliphatic carboxylic acids is 1. The zero-order valence-electron chi connectivity index (χ0n) is 15.7. The van der Waals surface area contributed by atoms with Gasteiger partial charge in [0, 0.05) is 18.0 Å². The predicted molar refractivity (Wildman–Crippen MR) is 98.9 cm³/mol. The van der Waals surface area contributed by atoms with E-state index < -0.39 is 5.97 Å². The number of nitrogens with one attached hydrogen (secondary N) is 2. The molecule has 5 nitrogen and oxygen atoms in total. The summed E-state index contributed by atoms with van der Waals surface area (Å²) >= 11 is 0. The van der Waals surface area contributed by atoms with E-state index in [9.17, 15) is 9.59 Å². The second kappa shape index (κ2) is 7.89. The number of carboxylic acids is 1. The van der Waals surface area contributed by atoms with Gasteiger partial charge in [0.2, 0.25) is 0 Å². The Balaban J connectivity index is 1.84. The van der Waals surface area contributed by atoms with Gasteiger partial charge in [-0.3, -0.25) is 4.79 Å². The highest BCUT2D eigenvalue weighted by atomic mass is 16.4. The van der Waals surface area contributed by atoms with E-state index in [-0.39, 0.29) is 23.4 Å². The number of carbonyl (C=O) groups excluding carboxylic acids is 1. The number of aryl methyl sites for hydroxylation is 2. The van der Waals surface area contributed by atoms with Gasteiger partial charge in [0.25, 0.3) is 0 Å². The van der Waals surface area contributed by atoms with Gasteiger partial charge in [-0.25, -0.2) is 4.79 Å². The maximum Gasteiger partial charge on any atom is 0.315 e. The molecule has 25 heavy (non-hydrogen) atoms. The molecule has 0 saturated heterocycles. The first-order valence-electron chi connectivity index (χ1n) is 9.04. The van der Waals surface area contributed by atoms with Crippen LogP contribution in [-0.2, 0) is 10.2 Å². The Kier molecular flexibility index (Phi) is 6.09. The number of urea groups is 1. The molecule has 2 rings (SSSR count). The maximum absolute atomic E-state index is 12.2. The van der Waals surface area contributed by atoms with E-state index in [2.05, 4.69) is 56.5 Å². The fraction of sp³-hybridized carbons (Fsp3) is 0.600. The van der Waals surface area contributed by atoms with E-state index in [4.69, 9.17) is 5.11 Å². The highest BCUT2D eigenvalue weighted by Gasteiger charge is 2.27. The van der Waals surface area contributed by atoms with E-state index >= 15 is 0 Å². The van der Waals surface area contributed by atoms with Crippen LogP contribution in [0.3, 0.4) is 0 Å². The van der Waals surface area contributed by atoms with Gasteiger partial charge in [-0.15, -0.1) is 0 Å². The first-order valence-corrected chi connectivity index (χ1v) is 9.04. The van der Waals surface area contributed by atoms with Crippen molar-refractivity contribution in [2.75, 3.05) is 6.54 Å². The fourth-order valence-corrected chi connectivity index (χ4v) is 3.69. The van der Waals surface area contributed by atoms with Crippen molar-refractivity contribution in [3.05, 3.63) is 34.9 Å². The van der Waals surface area contributed by atoms with Crippen LogP contribution in [-0.4, -0.2) is 29.7 Å². The second-order valence-corrected chi connectivity index (χ2v) is 7.92. The van der Waals surface area contributed by atoms with Crippen LogP contribution in [0.2, 0.25) is 0 Å². The standard InChI is InChI=1S/C20H30N2O3/c1-13-5-10-17(14(2)11-13)20(3,4)12-21-19(25)22-16-8-6-15(7-9-16)18(23)24/h5,10-11,15-16H,6-9,12H2,1-4H3,(H,23,24)(H2,21,22,25). The smallest absolute Gasteiger partial charge is 0.315 e. The third-order valence-corrected chi connectivity index (χ3v) is 5.21. The van der Waals surface area contributed by atoms with Crippen molar-refractivity contribution in [1.82, 2.24) is 10.6 Å². The molecular weight excluding hydrogens is 316 g/mol. The van der Waals surface area contributed by atoms with E-state index in [0.717, 1.165) is 12.8 Å². The molecule has 0 unspecified atom stereocenters. The van der Waals surface area contributed by atoms with Gasteiger partial charge in [-0.1, -0.05) is 37.6 Å². The van der Waals surface area contributed by atoms with Crippen LogP contribution in [0.15, 0.2) is 18.2 Å². The van der Waals surface area contributed by atoms with Crippen molar-refractivity contribution >= 4 is 12.0 Å². The Morgan fingerprint density at radius 2 is 1.80 bits per heavy atom. The maximum atomic E-state index is 12.2. The minimum atomic E-state index is -0.724. The lowest BCUT2D eigenvalue weighted by Crippen LogP contribution is -2.47. The van der Waals surface area contributed by atoms with Crippen LogP contribution in [0, 0.1) is 19.8 Å². The zero-order valence-corrected chi connectivity index (χ0v) is 15.7. The summed E-state index contributed by atoms with van der Waals surface area (Å²) in [5.41, 5.74) is 3.55. The Bertz CT molecular complexity index is 632. The number of benzene rings is 1. The normalized spacial score (nSPS) is 20.8. The predicted octanol–water partition coefficient (Wildman–Crippen LogP) is 3.52. The Labute approximate surface area is 150 Å². The lowest BCUT2D eigenvalue weighted by atomic mass is 9.81. The summed E-state index contributed by atoms with van der Waals surface area (Å²) in [6.07, 6.45) is 2.72. The molecule has 5 heteroatoms. The molecule has 1 aliphatic carbocycles. The van der Waals surface area contributed by atoms with Crippen LogP contribution in [0.25, 0.3) is 0 Å². The molecule has 2 amide bonds. The van der Waals surface area contributed by atoms with Crippen molar-refractivity contribution in [3.8, 4) is 0 Å². The summed E-state index contributed by atoms with van der Waals surface area (Å²) in [6, 6.07) is 6.30. The molecule has 1 aliphatic rings. The Morgan fingerprint density at radius 1 is 1.16 bits per heavy atom. The highest BCUT2D eigenvalue weighted by molar-refractivity contribution is 5.74. The summed E-state index contributed by atoms with van der Waals surface area (Å²) in [4.78, 5) is 23.2. The van der Waals surface area contributed by atoms with E-state index in [1.807, 2.05) is 0 Å². The molecule has 0 spiro atoms. The molecule has 0 bridgehead atoms. The summed E-state index contributed by atoms with van der Waals surface area (Å²) in [5, 5.41) is 15.0. The third-order valence-electron chi connectivity index (χ3n) is 5.21. The largest absolute Gasteiger partial charge is 0.481 e. The molecular formula is C20H30N2O3. The van der Waals surface area contributed by atoms with Crippen LogP contribution in [0.4, 0.5) is 4.79 Å².